The fourth-order valence-electron chi connectivity index (χ4n) is 2.35. The number of hydrogen-bond acceptors (Lipinski definition) is 5. The van der Waals surface area contributed by atoms with Gasteiger partial charge in [-0.3, -0.25) is 9.97 Å². The third-order valence-electron chi connectivity index (χ3n) is 3.47. The molecule has 23 heavy (non-hydrogen) atoms. The highest BCUT2D eigenvalue weighted by molar-refractivity contribution is 7.90. The van der Waals surface area contributed by atoms with Crippen molar-refractivity contribution in [2.24, 2.45) is 0 Å². The van der Waals surface area contributed by atoms with Gasteiger partial charge in [0.2, 0.25) is 0 Å². The molecule has 1 atom stereocenters. The molecule has 7 heteroatoms. The van der Waals surface area contributed by atoms with Crippen LogP contribution in [-0.4, -0.2) is 33.7 Å². The average molecular weight is 331 g/mol. The van der Waals surface area contributed by atoms with Crippen LogP contribution in [0.2, 0.25) is 0 Å². The van der Waals surface area contributed by atoms with E-state index in [-0.39, 0.29) is 5.75 Å². The Labute approximate surface area is 137 Å². The number of pyridine rings is 1. The summed E-state index contributed by atoms with van der Waals surface area (Å²) in [7, 11) is 3.09. The highest BCUT2D eigenvalue weighted by Gasteiger charge is 2.22. The summed E-state index contributed by atoms with van der Waals surface area (Å²) in [6.07, 6.45) is 1.61. The fraction of sp³-hybridized carbons (Fsp3) is 0.250. The molecule has 6 nitrogen and oxygen atoms in total. The first-order valence-corrected chi connectivity index (χ1v) is 8.35. The number of fused-ring (bicyclic) bond motifs is 1. The van der Waals surface area contributed by atoms with Gasteiger partial charge < -0.3 is 14.0 Å². The summed E-state index contributed by atoms with van der Waals surface area (Å²) in [4.78, 5) is 11.8. The van der Waals surface area contributed by atoms with E-state index in [1.807, 2.05) is 25.1 Å². The van der Waals surface area contributed by atoms with Gasteiger partial charge in [-0.15, -0.1) is 0 Å². The molecule has 0 saturated carbocycles. The van der Waals surface area contributed by atoms with E-state index < -0.39 is 11.2 Å². The molecule has 0 spiro atoms. The molecule has 0 fully saturated rings. The molecule has 120 valence electrons. The number of nitrogens with one attached hydrogen (secondary N) is 1. The topological polar surface area (TPSA) is 83.1 Å². The largest absolute Gasteiger partial charge is 0.609 e. The van der Waals surface area contributed by atoms with E-state index in [9.17, 15) is 4.55 Å². The van der Waals surface area contributed by atoms with Crippen molar-refractivity contribution < 1.29 is 14.0 Å². The van der Waals surface area contributed by atoms with Gasteiger partial charge in [-0.1, -0.05) is 6.07 Å². The first-order chi connectivity index (χ1) is 11.1. The molecule has 1 N–H and O–H groups in total. The number of aryl methyl sites for hydroxylation is 1. The summed E-state index contributed by atoms with van der Waals surface area (Å²) in [6, 6.07) is 7.58. The molecule has 0 aliphatic heterocycles. The van der Waals surface area contributed by atoms with Crippen molar-refractivity contribution in [2.45, 2.75) is 17.8 Å². The Bertz CT molecular complexity index is 835. The summed E-state index contributed by atoms with van der Waals surface area (Å²) >= 11 is -1.36. The van der Waals surface area contributed by atoms with Gasteiger partial charge in [-0.2, -0.15) is 4.98 Å². The first-order valence-electron chi connectivity index (χ1n) is 7.03. The molecule has 0 aliphatic carbocycles. The molecule has 0 radical (unpaired) electrons. The van der Waals surface area contributed by atoms with Gasteiger partial charge in [0, 0.05) is 23.4 Å². The Morgan fingerprint density at radius 1 is 1.22 bits per heavy atom. The normalized spacial score (nSPS) is 12.3. The minimum atomic E-state index is -1.36. The molecular formula is C16H17N3O3S. The summed E-state index contributed by atoms with van der Waals surface area (Å²) in [5, 5.41) is 0.428. The summed E-state index contributed by atoms with van der Waals surface area (Å²) in [5.74, 6) is 1.25. The van der Waals surface area contributed by atoms with Gasteiger partial charge in [-0.05, 0) is 24.6 Å². The van der Waals surface area contributed by atoms with Crippen LogP contribution in [0.5, 0.6) is 11.5 Å². The zero-order valence-electron chi connectivity index (χ0n) is 13.1. The van der Waals surface area contributed by atoms with Crippen LogP contribution in [0, 0.1) is 6.92 Å². The highest BCUT2D eigenvalue weighted by atomic mass is 32.2. The molecular weight excluding hydrogens is 314 g/mol. The maximum Gasteiger partial charge on any atom is 0.322 e. The summed E-state index contributed by atoms with van der Waals surface area (Å²) in [6.45, 7) is 2.00. The van der Waals surface area contributed by atoms with Crippen molar-refractivity contribution in [3.05, 3.63) is 41.7 Å². The number of hydrogen-bond donors (Lipinski definition) is 1. The van der Waals surface area contributed by atoms with Crippen LogP contribution in [-0.2, 0) is 16.9 Å². The highest BCUT2D eigenvalue weighted by Crippen LogP contribution is 2.31. The number of ether oxygens (including phenoxy) is 2. The second kappa shape index (κ2) is 6.47. The van der Waals surface area contributed by atoms with Crippen LogP contribution >= 0.6 is 0 Å². The third-order valence-corrected chi connectivity index (χ3v) is 4.63. The Hall–Kier alpha value is -2.25. The first kappa shape index (κ1) is 15.6. The lowest BCUT2D eigenvalue weighted by atomic mass is 10.2. The predicted molar refractivity (Wildman–Crippen MR) is 88.3 cm³/mol. The van der Waals surface area contributed by atoms with Gasteiger partial charge in [0.25, 0.3) is 0 Å². The van der Waals surface area contributed by atoms with E-state index in [4.69, 9.17) is 9.47 Å². The third kappa shape index (κ3) is 3.11. The Morgan fingerprint density at radius 2 is 2.04 bits per heavy atom. The maximum atomic E-state index is 12.6. The van der Waals surface area contributed by atoms with Crippen molar-refractivity contribution in [1.29, 1.82) is 0 Å². The zero-order valence-corrected chi connectivity index (χ0v) is 13.9. The van der Waals surface area contributed by atoms with Crippen LogP contribution < -0.4 is 9.47 Å². The minimum absolute atomic E-state index is 0.194. The predicted octanol–water partition coefficient (Wildman–Crippen LogP) is 2.59. The van der Waals surface area contributed by atoms with Gasteiger partial charge in [0.1, 0.15) is 5.69 Å². The molecule has 0 amide bonds. The number of methoxy groups -OCH3 is 2. The molecule has 0 saturated heterocycles. The zero-order chi connectivity index (χ0) is 16.4. The number of nitrogens with zero attached hydrogens (tertiary/aromatic N) is 2. The number of aromatic amines is 1. The Balaban J connectivity index is 1.90. The van der Waals surface area contributed by atoms with Crippen molar-refractivity contribution in [2.75, 3.05) is 14.2 Å². The van der Waals surface area contributed by atoms with E-state index in [0.717, 1.165) is 16.6 Å². The summed E-state index contributed by atoms with van der Waals surface area (Å²) in [5.41, 5.74) is 3.35. The lowest BCUT2D eigenvalue weighted by Crippen LogP contribution is -2.10. The van der Waals surface area contributed by atoms with Crippen molar-refractivity contribution in [3.8, 4) is 11.5 Å². The monoisotopic (exact) mass is 331 g/mol. The molecule has 2 heterocycles. The van der Waals surface area contributed by atoms with Crippen molar-refractivity contribution in [1.82, 2.24) is 15.0 Å². The van der Waals surface area contributed by atoms with Gasteiger partial charge >= 0.3 is 5.16 Å². The molecule has 1 aromatic carbocycles. The van der Waals surface area contributed by atoms with Gasteiger partial charge in [0.05, 0.1) is 25.3 Å². The quantitative estimate of drug-likeness (QED) is 0.727. The van der Waals surface area contributed by atoms with E-state index in [1.54, 1.807) is 19.4 Å². The van der Waals surface area contributed by atoms with Crippen molar-refractivity contribution >= 4 is 22.2 Å². The van der Waals surface area contributed by atoms with Gasteiger partial charge in [-0.25, -0.2) is 0 Å². The van der Waals surface area contributed by atoms with E-state index in [1.165, 1.54) is 7.11 Å². The summed E-state index contributed by atoms with van der Waals surface area (Å²) < 4.78 is 23.2. The standard InChI is InChI=1S/C16H17N3O3S/c1-10-4-5-11-12(8-10)19-16(18-11)23(20)9-13-15(22-3)14(21-2)6-7-17-13/h4-8H,9H2,1-3H3,(H,18,19). The number of rotatable bonds is 5. The number of H-pyrrole nitrogens is 1. The molecule has 1 unspecified atom stereocenters. The van der Waals surface area contributed by atoms with Crippen LogP contribution in [0.25, 0.3) is 11.0 Å². The lowest BCUT2D eigenvalue weighted by molar-refractivity contribution is 0.350. The molecule has 0 aliphatic rings. The van der Waals surface area contributed by atoms with Crippen molar-refractivity contribution in [3.63, 3.8) is 0 Å². The van der Waals surface area contributed by atoms with Crippen LogP contribution in [0.4, 0.5) is 0 Å². The fourth-order valence-corrected chi connectivity index (χ4v) is 3.36. The smallest absolute Gasteiger partial charge is 0.322 e. The average Bonchev–Trinajstić information content (AvgIpc) is 2.97. The molecule has 3 aromatic rings. The van der Waals surface area contributed by atoms with Gasteiger partial charge in [0.15, 0.2) is 17.3 Å². The van der Waals surface area contributed by atoms with E-state index in [0.29, 0.717) is 22.3 Å². The number of benzene rings is 1. The maximum absolute atomic E-state index is 12.6. The second-order valence-electron chi connectivity index (χ2n) is 5.05. The second-order valence-corrected chi connectivity index (χ2v) is 6.41. The van der Waals surface area contributed by atoms with E-state index in [2.05, 4.69) is 15.0 Å². The molecule has 0 bridgehead atoms. The molecule has 2 aromatic heterocycles. The Morgan fingerprint density at radius 3 is 2.78 bits per heavy atom. The number of aromatic nitrogens is 3. The molecule has 3 rings (SSSR count). The van der Waals surface area contributed by atoms with Crippen LogP contribution in [0.15, 0.2) is 35.6 Å². The van der Waals surface area contributed by atoms with E-state index >= 15 is 0 Å². The van der Waals surface area contributed by atoms with Crippen LogP contribution in [0.1, 0.15) is 11.3 Å². The lowest BCUT2D eigenvalue weighted by Gasteiger charge is -2.12. The number of imidazole rings is 1. The Kier molecular flexibility index (Phi) is 4.40. The van der Waals surface area contributed by atoms with Crippen LogP contribution in [0.3, 0.4) is 0 Å². The minimum Gasteiger partial charge on any atom is -0.609 e. The SMILES string of the molecule is COc1ccnc(C[S+]([O-])c2nc3cc(C)ccc3[nH]2)c1OC.